The molecule has 0 spiro atoms. The summed E-state index contributed by atoms with van der Waals surface area (Å²) < 4.78 is 0. The average molecular weight is 287 g/mol. The van der Waals surface area contributed by atoms with Gasteiger partial charge in [0.2, 0.25) is 0 Å². The fraction of sp³-hybridized carbons (Fsp3) is 0.667. The summed E-state index contributed by atoms with van der Waals surface area (Å²) >= 11 is 0. The Labute approximate surface area is 129 Å². The van der Waals surface area contributed by atoms with Gasteiger partial charge in [0.25, 0.3) is 0 Å². The van der Waals surface area contributed by atoms with E-state index in [-0.39, 0.29) is 5.41 Å². The van der Waals surface area contributed by atoms with Gasteiger partial charge in [0.05, 0.1) is 0 Å². The Morgan fingerprint density at radius 1 is 1.00 bits per heavy atom. The van der Waals surface area contributed by atoms with E-state index in [0.717, 1.165) is 13.1 Å². The number of nitrogens with two attached hydrogens (primary N) is 1. The number of hydrogen-bond donors (Lipinski definition) is 1. The third kappa shape index (κ3) is 3.31. The molecular weight excluding hydrogens is 258 g/mol. The number of piperazine rings is 1. The molecule has 2 N–H and O–H groups in total. The molecule has 1 aromatic carbocycles. The van der Waals surface area contributed by atoms with E-state index in [1.807, 2.05) is 0 Å². The van der Waals surface area contributed by atoms with Crippen LogP contribution in [0, 0.1) is 0 Å². The molecule has 3 heteroatoms. The molecule has 0 aromatic heterocycles. The molecule has 3 rings (SSSR count). The van der Waals surface area contributed by atoms with Crippen LogP contribution in [0.1, 0.15) is 36.8 Å². The van der Waals surface area contributed by atoms with Crippen LogP contribution >= 0.6 is 0 Å². The van der Waals surface area contributed by atoms with Crippen molar-refractivity contribution in [3.63, 3.8) is 0 Å². The first kappa shape index (κ1) is 15.0. The highest BCUT2D eigenvalue weighted by atomic mass is 15.2. The van der Waals surface area contributed by atoms with E-state index in [1.54, 1.807) is 0 Å². The maximum atomic E-state index is 6.09. The van der Waals surface area contributed by atoms with Gasteiger partial charge in [-0.3, -0.25) is 4.90 Å². The second-order valence-corrected chi connectivity index (χ2v) is 6.97. The van der Waals surface area contributed by atoms with Gasteiger partial charge in [-0.2, -0.15) is 0 Å². The maximum Gasteiger partial charge on any atom is 0.0234 e. The highest BCUT2D eigenvalue weighted by Crippen LogP contribution is 2.40. The van der Waals surface area contributed by atoms with Gasteiger partial charge in [-0.1, -0.05) is 37.1 Å². The molecule has 1 aromatic rings. The lowest BCUT2D eigenvalue weighted by molar-refractivity contribution is 0.148. The zero-order valence-electron chi connectivity index (χ0n) is 13.4. The zero-order valence-corrected chi connectivity index (χ0v) is 13.4. The van der Waals surface area contributed by atoms with Crippen LogP contribution in [0.15, 0.2) is 24.3 Å². The summed E-state index contributed by atoms with van der Waals surface area (Å²) in [5, 5.41) is 0. The molecule has 116 valence electrons. The molecule has 0 bridgehead atoms. The van der Waals surface area contributed by atoms with Crippen LogP contribution in [-0.4, -0.2) is 49.6 Å². The van der Waals surface area contributed by atoms with Crippen molar-refractivity contribution >= 4 is 0 Å². The topological polar surface area (TPSA) is 32.5 Å². The summed E-state index contributed by atoms with van der Waals surface area (Å²) in [6, 6.07) is 9.32. The van der Waals surface area contributed by atoms with Crippen LogP contribution in [0.4, 0.5) is 0 Å². The highest BCUT2D eigenvalue weighted by molar-refractivity contribution is 5.30. The molecule has 1 aliphatic heterocycles. The van der Waals surface area contributed by atoms with Crippen molar-refractivity contribution in [3.8, 4) is 0 Å². The van der Waals surface area contributed by atoms with E-state index >= 15 is 0 Å². The smallest absolute Gasteiger partial charge is 0.0234 e. The molecule has 1 saturated heterocycles. The summed E-state index contributed by atoms with van der Waals surface area (Å²) in [5.41, 5.74) is 9.26. The van der Waals surface area contributed by atoms with Gasteiger partial charge in [-0.05, 0) is 31.0 Å². The highest BCUT2D eigenvalue weighted by Gasteiger charge is 2.33. The predicted molar refractivity (Wildman–Crippen MR) is 88.4 cm³/mol. The lowest BCUT2D eigenvalue weighted by atomic mass is 9.79. The Morgan fingerprint density at radius 2 is 1.62 bits per heavy atom. The van der Waals surface area contributed by atoms with Gasteiger partial charge in [-0.25, -0.2) is 0 Å². The van der Waals surface area contributed by atoms with E-state index in [4.69, 9.17) is 5.73 Å². The number of hydrogen-bond acceptors (Lipinski definition) is 3. The maximum absolute atomic E-state index is 6.09. The Kier molecular flexibility index (Phi) is 4.63. The van der Waals surface area contributed by atoms with E-state index < -0.39 is 0 Å². The zero-order chi connectivity index (χ0) is 14.7. The Morgan fingerprint density at radius 3 is 2.19 bits per heavy atom. The predicted octanol–water partition coefficient (Wildman–Crippen LogP) is 2.20. The normalized spacial score (nSPS) is 23.5. The second-order valence-electron chi connectivity index (χ2n) is 6.97. The quantitative estimate of drug-likeness (QED) is 0.921. The number of likely N-dealkylation sites (N-methyl/N-ethyl adjacent to an activating group) is 1. The van der Waals surface area contributed by atoms with Gasteiger partial charge in [0.15, 0.2) is 0 Å². The van der Waals surface area contributed by atoms with Crippen molar-refractivity contribution in [2.75, 3.05) is 39.8 Å². The largest absolute Gasteiger partial charge is 0.330 e. The number of rotatable bonds is 4. The third-order valence-corrected chi connectivity index (χ3v) is 5.52. The van der Waals surface area contributed by atoms with Crippen molar-refractivity contribution < 1.29 is 0 Å². The summed E-state index contributed by atoms with van der Waals surface area (Å²) in [4.78, 5) is 4.97. The van der Waals surface area contributed by atoms with Crippen LogP contribution in [0.5, 0.6) is 0 Å². The van der Waals surface area contributed by atoms with Crippen LogP contribution in [0.3, 0.4) is 0 Å². The fourth-order valence-electron chi connectivity index (χ4n) is 3.89. The van der Waals surface area contributed by atoms with Crippen molar-refractivity contribution in [2.24, 2.45) is 5.73 Å². The Balaban J connectivity index is 1.64. The summed E-state index contributed by atoms with van der Waals surface area (Å²) in [6.07, 6.45) is 5.20. The molecular formula is C18H29N3. The van der Waals surface area contributed by atoms with Crippen molar-refractivity contribution in [1.29, 1.82) is 0 Å². The van der Waals surface area contributed by atoms with Crippen LogP contribution in [0.2, 0.25) is 0 Å². The third-order valence-electron chi connectivity index (χ3n) is 5.52. The summed E-state index contributed by atoms with van der Waals surface area (Å²) in [6.45, 7) is 6.63. The lowest BCUT2D eigenvalue weighted by Crippen LogP contribution is -2.43. The first-order valence-electron chi connectivity index (χ1n) is 8.42. The average Bonchev–Trinajstić information content (AvgIpc) is 3.00. The van der Waals surface area contributed by atoms with E-state index in [1.165, 1.54) is 63.0 Å². The van der Waals surface area contributed by atoms with Gasteiger partial charge >= 0.3 is 0 Å². The monoisotopic (exact) mass is 287 g/mol. The number of benzene rings is 1. The molecule has 0 unspecified atom stereocenters. The van der Waals surface area contributed by atoms with E-state index in [0.29, 0.717) is 0 Å². The van der Waals surface area contributed by atoms with Gasteiger partial charge in [0, 0.05) is 44.7 Å². The minimum absolute atomic E-state index is 0.270. The molecule has 0 radical (unpaired) electrons. The first-order chi connectivity index (χ1) is 10.2. The molecule has 2 aliphatic rings. The Bertz CT molecular complexity index is 440. The minimum atomic E-state index is 0.270. The van der Waals surface area contributed by atoms with Crippen LogP contribution in [-0.2, 0) is 12.0 Å². The SMILES string of the molecule is CN1CCN(Cc2ccc(C3(CN)CCCC3)cc2)CC1. The van der Waals surface area contributed by atoms with Gasteiger partial charge in [-0.15, -0.1) is 0 Å². The van der Waals surface area contributed by atoms with Crippen LogP contribution in [0.25, 0.3) is 0 Å². The minimum Gasteiger partial charge on any atom is -0.330 e. The van der Waals surface area contributed by atoms with Crippen molar-refractivity contribution in [3.05, 3.63) is 35.4 Å². The molecule has 1 heterocycles. The second kappa shape index (κ2) is 6.47. The summed E-state index contributed by atoms with van der Waals surface area (Å²) in [7, 11) is 2.21. The van der Waals surface area contributed by atoms with E-state index in [9.17, 15) is 0 Å². The lowest BCUT2D eigenvalue weighted by Gasteiger charge is -2.32. The molecule has 0 atom stereocenters. The van der Waals surface area contributed by atoms with Crippen molar-refractivity contribution in [2.45, 2.75) is 37.6 Å². The molecule has 21 heavy (non-hydrogen) atoms. The standard InChI is InChI=1S/C18H29N3/c1-20-10-12-21(13-11-20)14-16-4-6-17(7-5-16)18(15-19)8-2-3-9-18/h4-7H,2-3,8-15,19H2,1H3. The molecule has 1 saturated carbocycles. The Hall–Kier alpha value is -0.900. The molecule has 2 fully saturated rings. The van der Waals surface area contributed by atoms with E-state index in [2.05, 4.69) is 41.1 Å². The molecule has 1 aliphatic carbocycles. The number of nitrogens with zero attached hydrogens (tertiary/aromatic N) is 2. The van der Waals surface area contributed by atoms with Crippen LogP contribution < -0.4 is 5.73 Å². The molecule has 0 amide bonds. The fourth-order valence-corrected chi connectivity index (χ4v) is 3.89. The van der Waals surface area contributed by atoms with Crippen molar-refractivity contribution in [1.82, 2.24) is 9.80 Å². The molecule has 3 nitrogen and oxygen atoms in total. The summed E-state index contributed by atoms with van der Waals surface area (Å²) in [5.74, 6) is 0. The first-order valence-corrected chi connectivity index (χ1v) is 8.42. The van der Waals surface area contributed by atoms with Gasteiger partial charge < -0.3 is 10.6 Å². The van der Waals surface area contributed by atoms with Gasteiger partial charge in [0.1, 0.15) is 0 Å².